The Balaban J connectivity index is -0.000000411. The molecule has 0 rings (SSSR count). The van der Waals surface area contributed by atoms with E-state index in [1.54, 1.807) is 0 Å². The van der Waals surface area contributed by atoms with Crippen LogP contribution in [-0.2, 0) is 19.2 Å². The van der Waals surface area contributed by atoms with E-state index >= 15 is 0 Å². The second kappa shape index (κ2) is 10.8. The summed E-state index contributed by atoms with van der Waals surface area (Å²) in [5.41, 5.74) is 0. The van der Waals surface area contributed by atoms with E-state index in [9.17, 15) is 71.9 Å². The molecular formula is C10H4BaF12O4. The Bertz CT molecular complexity index is 456. The number of carbonyl (C=O) groups excluding carboxylic acids is 4. The number of Topliss-reactive ketones (excluding diaryl/α,β-unsaturated/α-hetero) is 4. The molecule has 0 atom stereocenters. The van der Waals surface area contributed by atoms with Crippen molar-refractivity contribution < 1.29 is 71.9 Å². The van der Waals surface area contributed by atoms with Crippen LogP contribution in [0.25, 0.3) is 0 Å². The van der Waals surface area contributed by atoms with Gasteiger partial charge in [0.05, 0.1) is 12.8 Å². The van der Waals surface area contributed by atoms with Crippen LogP contribution in [0.3, 0.4) is 0 Å². The average molecular weight is 553 g/mol. The Morgan fingerprint density at radius 3 is 0.593 bits per heavy atom. The van der Waals surface area contributed by atoms with Crippen LogP contribution in [0.5, 0.6) is 0 Å². The number of rotatable bonds is 4. The maximum absolute atomic E-state index is 11.3. The summed E-state index contributed by atoms with van der Waals surface area (Å²) in [4.78, 5) is 39.5. The van der Waals surface area contributed by atoms with Crippen LogP contribution in [-0.4, -0.2) is 96.7 Å². The molecule has 0 saturated carbocycles. The van der Waals surface area contributed by atoms with Crippen molar-refractivity contribution in [3.05, 3.63) is 0 Å². The minimum absolute atomic E-state index is 0. The summed E-state index contributed by atoms with van der Waals surface area (Å²) < 4.78 is 136. The molecule has 0 aromatic rings. The molecule has 0 N–H and O–H groups in total. The van der Waals surface area contributed by atoms with Crippen molar-refractivity contribution in [1.82, 2.24) is 0 Å². The quantitative estimate of drug-likeness (QED) is 0.305. The van der Waals surface area contributed by atoms with E-state index < -0.39 is 60.7 Å². The summed E-state index contributed by atoms with van der Waals surface area (Å²) in [6, 6.07) is 0. The maximum Gasteiger partial charge on any atom is 0.450 e. The molecule has 4 nitrogen and oxygen atoms in total. The van der Waals surface area contributed by atoms with Gasteiger partial charge in [-0.05, 0) is 0 Å². The molecular weight excluding hydrogens is 549 g/mol. The number of hydrogen-bond donors (Lipinski definition) is 0. The fourth-order valence-corrected chi connectivity index (χ4v) is 0.693. The van der Waals surface area contributed by atoms with Crippen molar-refractivity contribution in [2.75, 3.05) is 0 Å². The summed E-state index contributed by atoms with van der Waals surface area (Å²) in [5.74, 6) is -10.8. The molecule has 0 aromatic carbocycles. The summed E-state index contributed by atoms with van der Waals surface area (Å²) in [6.45, 7) is 0. The Hall–Kier alpha value is -0.589. The van der Waals surface area contributed by atoms with Gasteiger partial charge in [-0.3, -0.25) is 19.2 Å². The van der Waals surface area contributed by atoms with E-state index in [0.717, 1.165) is 0 Å². The molecule has 17 heteroatoms. The standard InChI is InChI=1S/2C5H2F6O2.Ba/c2*6-4(7,8)2(12)1-3(13)5(9,10)11;/h2*1H2;. The van der Waals surface area contributed by atoms with E-state index in [4.69, 9.17) is 0 Å². The van der Waals surface area contributed by atoms with Crippen LogP contribution in [0.1, 0.15) is 12.8 Å². The van der Waals surface area contributed by atoms with Crippen molar-refractivity contribution in [3.63, 3.8) is 0 Å². The SMILES string of the molecule is O=C(CC(=O)C(F)(F)F)C(F)(F)F.O=C(CC(=O)C(F)(F)F)C(F)(F)F.[Ba]. The van der Waals surface area contributed by atoms with Gasteiger partial charge in [-0.2, -0.15) is 52.7 Å². The normalized spacial score (nSPS) is 12.3. The van der Waals surface area contributed by atoms with Gasteiger partial charge in [-0.15, -0.1) is 0 Å². The van der Waals surface area contributed by atoms with Crippen LogP contribution in [0.2, 0.25) is 0 Å². The second-order valence-corrected chi connectivity index (χ2v) is 4.04. The molecule has 2 radical (unpaired) electrons. The fraction of sp³-hybridized carbons (Fsp3) is 0.600. The van der Waals surface area contributed by atoms with Gasteiger partial charge in [-0.1, -0.05) is 0 Å². The molecule has 27 heavy (non-hydrogen) atoms. The van der Waals surface area contributed by atoms with Crippen molar-refractivity contribution in [3.8, 4) is 0 Å². The van der Waals surface area contributed by atoms with Gasteiger partial charge in [0, 0.05) is 48.9 Å². The number of carbonyl (C=O) groups is 4. The van der Waals surface area contributed by atoms with Gasteiger partial charge in [0.2, 0.25) is 23.1 Å². The first kappa shape index (κ1) is 31.1. The number of alkyl halides is 12. The van der Waals surface area contributed by atoms with Crippen molar-refractivity contribution in [2.24, 2.45) is 0 Å². The third-order valence-corrected chi connectivity index (χ3v) is 1.91. The van der Waals surface area contributed by atoms with Crippen molar-refractivity contribution >= 4 is 72.0 Å². The van der Waals surface area contributed by atoms with Crippen LogP contribution in [0, 0.1) is 0 Å². The first-order valence-corrected chi connectivity index (χ1v) is 5.50. The van der Waals surface area contributed by atoms with E-state index in [-0.39, 0.29) is 48.9 Å². The number of hydrogen-bond acceptors (Lipinski definition) is 4. The van der Waals surface area contributed by atoms with Gasteiger partial charge in [0.1, 0.15) is 0 Å². The van der Waals surface area contributed by atoms with Gasteiger partial charge >= 0.3 is 24.7 Å². The van der Waals surface area contributed by atoms with Gasteiger partial charge in [0.25, 0.3) is 0 Å². The second-order valence-electron chi connectivity index (χ2n) is 4.04. The zero-order valence-electron chi connectivity index (χ0n) is 12.3. The molecule has 0 aromatic heterocycles. The number of ketones is 4. The van der Waals surface area contributed by atoms with E-state index in [2.05, 4.69) is 0 Å². The van der Waals surface area contributed by atoms with E-state index in [1.165, 1.54) is 0 Å². The van der Waals surface area contributed by atoms with Crippen LogP contribution in [0.4, 0.5) is 52.7 Å². The van der Waals surface area contributed by atoms with Crippen molar-refractivity contribution in [1.29, 1.82) is 0 Å². The van der Waals surface area contributed by atoms with Gasteiger partial charge in [0.15, 0.2) is 0 Å². The Labute approximate surface area is 180 Å². The fourth-order valence-electron chi connectivity index (χ4n) is 0.693. The Morgan fingerprint density at radius 2 is 0.519 bits per heavy atom. The molecule has 0 amide bonds. The third-order valence-electron chi connectivity index (χ3n) is 1.91. The molecule has 154 valence electrons. The Morgan fingerprint density at radius 1 is 0.407 bits per heavy atom. The predicted octanol–water partition coefficient (Wildman–Crippen LogP) is 2.90. The van der Waals surface area contributed by atoms with E-state index in [1.807, 2.05) is 0 Å². The van der Waals surface area contributed by atoms with E-state index in [0.29, 0.717) is 0 Å². The zero-order chi connectivity index (χ0) is 21.7. The van der Waals surface area contributed by atoms with Crippen LogP contribution < -0.4 is 0 Å². The zero-order valence-corrected chi connectivity index (χ0v) is 16.7. The minimum atomic E-state index is -5.40. The summed E-state index contributed by atoms with van der Waals surface area (Å²) in [6.07, 6.45) is -26.0. The largest absolute Gasteiger partial charge is 0.450 e. The Kier molecular flexibility index (Phi) is 12.5. The molecule has 0 spiro atoms. The molecule has 0 fully saturated rings. The monoisotopic (exact) mass is 554 g/mol. The summed E-state index contributed by atoms with van der Waals surface area (Å²) in [5, 5.41) is 0. The maximum atomic E-state index is 11.3. The molecule has 0 aliphatic heterocycles. The van der Waals surface area contributed by atoms with Crippen LogP contribution in [0.15, 0.2) is 0 Å². The number of halogens is 12. The smallest absolute Gasteiger partial charge is 0.289 e. The third kappa shape index (κ3) is 14.1. The summed E-state index contributed by atoms with van der Waals surface area (Å²) in [7, 11) is 0. The molecule has 0 bridgehead atoms. The molecule has 0 heterocycles. The molecule has 0 saturated heterocycles. The summed E-state index contributed by atoms with van der Waals surface area (Å²) >= 11 is 0. The average Bonchev–Trinajstić information content (AvgIpc) is 2.34. The van der Waals surface area contributed by atoms with Crippen molar-refractivity contribution in [2.45, 2.75) is 37.5 Å². The van der Waals surface area contributed by atoms with Gasteiger partial charge < -0.3 is 0 Å². The molecule has 0 aliphatic rings. The van der Waals surface area contributed by atoms with Crippen LogP contribution >= 0.6 is 0 Å². The first-order valence-electron chi connectivity index (χ1n) is 5.50. The topological polar surface area (TPSA) is 68.3 Å². The predicted molar refractivity (Wildman–Crippen MR) is 59.2 cm³/mol. The first-order chi connectivity index (χ1) is 11.1. The minimum Gasteiger partial charge on any atom is -0.289 e. The molecule has 0 aliphatic carbocycles. The molecule has 0 unspecified atom stereocenters. The van der Waals surface area contributed by atoms with Gasteiger partial charge in [-0.25, -0.2) is 0 Å².